The second kappa shape index (κ2) is 11.5. The zero-order chi connectivity index (χ0) is 29.4. The van der Waals surface area contributed by atoms with E-state index in [9.17, 15) is 19.5 Å². The fourth-order valence-corrected chi connectivity index (χ4v) is 7.00. The molecule has 3 saturated heterocycles. The van der Waals surface area contributed by atoms with Gasteiger partial charge in [0.2, 0.25) is 17.7 Å². The number of rotatable bonds is 11. The van der Waals surface area contributed by atoms with Crippen LogP contribution in [0.4, 0.5) is 0 Å². The second-order valence-corrected chi connectivity index (χ2v) is 12.7. The molecule has 3 aliphatic rings. The SMILES string of the molecule is C=CCN(Cc1ccccc1)C(=O)[C@@H]1[C@H]2C(=O)N([C@@H](CO)C(C)C)C(C(=O)N(CC=C)C(C)(C)C)C23CC[C@H]1O3. The summed E-state index contributed by atoms with van der Waals surface area (Å²) in [6.07, 6.45) is 4.02. The minimum Gasteiger partial charge on any atom is -0.394 e. The summed E-state index contributed by atoms with van der Waals surface area (Å²) in [6, 6.07) is 8.21. The topological polar surface area (TPSA) is 90.4 Å². The molecule has 0 saturated carbocycles. The molecule has 0 radical (unpaired) electrons. The average molecular weight is 552 g/mol. The predicted molar refractivity (Wildman–Crippen MR) is 154 cm³/mol. The number of carbonyl (C=O) groups is 3. The minimum atomic E-state index is -1.13. The number of hydrogen-bond acceptors (Lipinski definition) is 5. The Morgan fingerprint density at radius 1 is 1.15 bits per heavy atom. The minimum absolute atomic E-state index is 0.108. The number of fused-ring (bicyclic) bond motifs is 1. The molecule has 0 aromatic heterocycles. The first kappa shape index (κ1) is 30.0. The van der Waals surface area contributed by atoms with Gasteiger partial charge in [0.1, 0.15) is 11.6 Å². The Balaban J connectivity index is 1.78. The fourth-order valence-electron chi connectivity index (χ4n) is 7.00. The molecule has 3 heterocycles. The van der Waals surface area contributed by atoms with Crippen LogP contribution in [0, 0.1) is 17.8 Å². The van der Waals surface area contributed by atoms with Crippen LogP contribution >= 0.6 is 0 Å². The number of aliphatic hydroxyl groups excluding tert-OH is 1. The van der Waals surface area contributed by atoms with Gasteiger partial charge in [0.15, 0.2) is 0 Å². The molecule has 1 spiro atoms. The van der Waals surface area contributed by atoms with Crippen LogP contribution in [-0.2, 0) is 25.7 Å². The van der Waals surface area contributed by atoms with Crippen LogP contribution in [0.3, 0.4) is 0 Å². The average Bonchev–Trinajstić information content (AvgIpc) is 3.54. The summed E-state index contributed by atoms with van der Waals surface area (Å²) in [5.74, 6) is -2.29. The molecule has 3 aliphatic heterocycles. The van der Waals surface area contributed by atoms with Crippen LogP contribution in [0.1, 0.15) is 53.0 Å². The van der Waals surface area contributed by atoms with Gasteiger partial charge in [0, 0.05) is 25.2 Å². The number of amides is 3. The number of nitrogens with zero attached hydrogens (tertiary/aromatic N) is 3. The maximum atomic E-state index is 14.5. The number of aliphatic hydroxyl groups is 1. The van der Waals surface area contributed by atoms with E-state index in [1.54, 1.807) is 26.9 Å². The Hall–Kier alpha value is -2.97. The van der Waals surface area contributed by atoms with Crippen molar-refractivity contribution in [2.24, 2.45) is 17.8 Å². The second-order valence-electron chi connectivity index (χ2n) is 12.7. The lowest BCUT2D eigenvalue weighted by molar-refractivity contribution is -0.155. The third kappa shape index (κ3) is 5.00. The van der Waals surface area contributed by atoms with E-state index < -0.39 is 41.2 Å². The molecule has 218 valence electrons. The van der Waals surface area contributed by atoms with E-state index >= 15 is 0 Å². The first-order valence-electron chi connectivity index (χ1n) is 14.4. The summed E-state index contributed by atoms with van der Waals surface area (Å²) in [7, 11) is 0. The molecule has 4 rings (SSSR count). The third-order valence-electron chi connectivity index (χ3n) is 8.84. The van der Waals surface area contributed by atoms with Crippen molar-refractivity contribution in [1.29, 1.82) is 0 Å². The molecule has 2 bridgehead atoms. The molecule has 3 fully saturated rings. The Labute approximate surface area is 238 Å². The molecule has 40 heavy (non-hydrogen) atoms. The van der Waals surface area contributed by atoms with Crippen LogP contribution in [0.2, 0.25) is 0 Å². The van der Waals surface area contributed by atoms with Crippen molar-refractivity contribution in [2.45, 2.75) is 83.3 Å². The Kier molecular flexibility index (Phi) is 8.62. The number of hydrogen-bond donors (Lipinski definition) is 1. The van der Waals surface area contributed by atoms with Crippen LogP contribution < -0.4 is 0 Å². The molecule has 1 aromatic rings. The van der Waals surface area contributed by atoms with E-state index in [0.717, 1.165) is 5.56 Å². The summed E-state index contributed by atoms with van der Waals surface area (Å²) < 4.78 is 6.66. The predicted octanol–water partition coefficient (Wildman–Crippen LogP) is 3.41. The summed E-state index contributed by atoms with van der Waals surface area (Å²) in [5.41, 5.74) is -0.684. The molecule has 0 aliphatic carbocycles. The number of ether oxygens (including phenoxy) is 1. The van der Waals surface area contributed by atoms with Gasteiger partial charge in [-0.2, -0.15) is 0 Å². The molecule has 1 N–H and O–H groups in total. The van der Waals surface area contributed by atoms with Crippen LogP contribution in [0.15, 0.2) is 55.6 Å². The van der Waals surface area contributed by atoms with Crippen LogP contribution in [-0.4, -0.2) is 86.6 Å². The van der Waals surface area contributed by atoms with Gasteiger partial charge in [-0.3, -0.25) is 14.4 Å². The van der Waals surface area contributed by atoms with Crippen molar-refractivity contribution in [3.63, 3.8) is 0 Å². The molecule has 3 amide bonds. The van der Waals surface area contributed by atoms with E-state index in [0.29, 0.717) is 32.5 Å². The zero-order valence-corrected chi connectivity index (χ0v) is 24.6. The lowest BCUT2D eigenvalue weighted by Crippen LogP contribution is -2.62. The molecule has 6 atom stereocenters. The lowest BCUT2D eigenvalue weighted by atomic mass is 9.70. The molecular formula is C32H45N3O5. The summed E-state index contributed by atoms with van der Waals surface area (Å²) in [6.45, 7) is 18.2. The van der Waals surface area contributed by atoms with E-state index in [1.807, 2.05) is 65.0 Å². The first-order chi connectivity index (χ1) is 18.9. The van der Waals surface area contributed by atoms with E-state index in [1.165, 1.54) is 0 Å². The lowest BCUT2D eigenvalue weighted by Gasteiger charge is -2.44. The summed E-state index contributed by atoms with van der Waals surface area (Å²) in [5, 5.41) is 10.4. The third-order valence-corrected chi connectivity index (χ3v) is 8.84. The molecule has 8 heteroatoms. The van der Waals surface area contributed by atoms with Crippen LogP contribution in [0.5, 0.6) is 0 Å². The Morgan fingerprint density at radius 2 is 1.80 bits per heavy atom. The van der Waals surface area contributed by atoms with E-state index in [-0.39, 0.29) is 30.2 Å². The molecule has 8 nitrogen and oxygen atoms in total. The number of carbonyl (C=O) groups excluding carboxylic acids is 3. The van der Waals surface area contributed by atoms with Gasteiger partial charge >= 0.3 is 0 Å². The van der Waals surface area contributed by atoms with E-state index in [2.05, 4.69) is 13.2 Å². The van der Waals surface area contributed by atoms with Crippen molar-refractivity contribution >= 4 is 17.7 Å². The maximum Gasteiger partial charge on any atom is 0.249 e. The van der Waals surface area contributed by atoms with Gasteiger partial charge in [0.25, 0.3) is 0 Å². The zero-order valence-electron chi connectivity index (χ0n) is 24.6. The van der Waals surface area contributed by atoms with Crippen molar-refractivity contribution < 1.29 is 24.2 Å². The smallest absolute Gasteiger partial charge is 0.249 e. The Morgan fingerprint density at radius 3 is 2.35 bits per heavy atom. The quantitative estimate of drug-likeness (QED) is 0.426. The van der Waals surface area contributed by atoms with Gasteiger partial charge in [0.05, 0.1) is 30.6 Å². The van der Waals surface area contributed by atoms with Gasteiger partial charge in [-0.25, -0.2) is 0 Å². The van der Waals surface area contributed by atoms with Crippen molar-refractivity contribution in [1.82, 2.24) is 14.7 Å². The van der Waals surface area contributed by atoms with Crippen LogP contribution in [0.25, 0.3) is 0 Å². The van der Waals surface area contributed by atoms with Crippen molar-refractivity contribution in [3.05, 3.63) is 61.2 Å². The standard InChI is InChI=1S/C32H45N3O5/c1-8-17-33(19-22-13-11-10-12-14-22)28(37)25-24-15-16-32(40-24)26(25)29(38)35(23(20-36)21(3)4)27(32)30(39)34(18-9-2)31(5,6)7/h8-14,21,23-27,36H,1-2,15-20H2,3-7H3/t23-,24+,25-,26-,27?,32?/m0/s1. The van der Waals surface area contributed by atoms with Gasteiger partial charge < -0.3 is 24.5 Å². The van der Waals surface area contributed by atoms with Gasteiger partial charge in [-0.1, -0.05) is 56.3 Å². The number of benzene rings is 1. The van der Waals surface area contributed by atoms with Crippen molar-refractivity contribution in [2.75, 3.05) is 19.7 Å². The van der Waals surface area contributed by atoms with Crippen molar-refractivity contribution in [3.8, 4) is 0 Å². The molecule has 2 unspecified atom stereocenters. The highest BCUT2D eigenvalue weighted by molar-refractivity contribution is 5.99. The maximum absolute atomic E-state index is 14.5. The molecule has 1 aromatic carbocycles. The monoisotopic (exact) mass is 551 g/mol. The molecular weight excluding hydrogens is 506 g/mol. The highest BCUT2D eigenvalue weighted by Gasteiger charge is 2.75. The normalized spacial score (nSPS) is 28.0. The highest BCUT2D eigenvalue weighted by Crippen LogP contribution is 2.59. The first-order valence-corrected chi connectivity index (χ1v) is 14.4. The highest BCUT2D eigenvalue weighted by atomic mass is 16.5. The van der Waals surface area contributed by atoms with E-state index in [4.69, 9.17) is 4.74 Å². The summed E-state index contributed by atoms with van der Waals surface area (Å²) >= 11 is 0. The Bertz CT molecular complexity index is 1130. The largest absolute Gasteiger partial charge is 0.394 e. The number of likely N-dealkylation sites (tertiary alicyclic amines) is 1. The fraction of sp³-hybridized carbons (Fsp3) is 0.594. The summed E-state index contributed by atoms with van der Waals surface area (Å²) in [4.78, 5) is 48.2. The van der Waals surface area contributed by atoms with Gasteiger partial charge in [-0.15, -0.1) is 13.2 Å². The van der Waals surface area contributed by atoms with Gasteiger partial charge in [-0.05, 0) is 45.1 Å².